The number of methoxy groups -OCH3 is 1. The molecule has 0 unspecified atom stereocenters. The molecule has 2 nitrogen and oxygen atoms in total. The molecule has 56 valence electrons. The molecule has 10 heavy (non-hydrogen) atoms. The molecule has 0 N–H and O–H groups in total. The summed E-state index contributed by atoms with van der Waals surface area (Å²) in [6.07, 6.45) is 5.14. The Bertz CT molecular complexity index is 157. The van der Waals surface area contributed by atoms with Crippen LogP contribution in [0.4, 0.5) is 0 Å². The summed E-state index contributed by atoms with van der Waals surface area (Å²) in [7, 11) is 1.74. The second-order valence-electron chi connectivity index (χ2n) is 3.18. The molecule has 0 spiro atoms. The molecule has 2 aliphatic rings. The van der Waals surface area contributed by atoms with Crippen molar-refractivity contribution in [3.63, 3.8) is 0 Å². The van der Waals surface area contributed by atoms with Crippen LogP contribution in [0.5, 0.6) is 0 Å². The van der Waals surface area contributed by atoms with Crippen molar-refractivity contribution >= 4 is 5.90 Å². The molecule has 2 rings (SSSR count). The Morgan fingerprint density at radius 2 is 2.00 bits per heavy atom. The van der Waals surface area contributed by atoms with Gasteiger partial charge in [-0.3, -0.25) is 4.99 Å². The van der Waals surface area contributed by atoms with Gasteiger partial charge in [0, 0.05) is 5.92 Å². The van der Waals surface area contributed by atoms with Crippen LogP contribution in [-0.2, 0) is 4.74 Å². The van der Waals surface area contributed by atoms with Gasteiger partial charge in [-0.05, 0) is 25.7 Å². The Hall–Kier alpha value is -0.530. The first kappa shape index (κ1) is 6.20. The van der Waals surface area contributed by atoms with Gasteiger partial charge in [0.05, 0.1) is 13.2 Å². The van der Waals surface area contributed by atoms with Crippen molar-refractivity contribution < 1.29 is 4.74 Å². The van der Waals surface area contributed by atoms with Gasteiger partial charge in [0.25, 0.3) is 0 Å². The van der Waals surface area contributed by atoms with Gasteiger partial charge in [0.2, 0.25) is 0 Å². The lowest BCUT2D eigenvalue weighted by atomic mass is 10.4. The first-order valence-electron chi connectivity index (χ1n) is 4.02. The third-order valence-electron chi connectivity index (χ3n) is 1.99. The zero-order chi connectivity index (χ0) is 6.97. The SMILES string of the molecule is COC(=NC1CC1)C1CC1. The number of nitrogens with zero attached hydrogens (tertiary/aromatic N) is 1. The van der Waals surface area contributed by atoms with Crippen LogP contribution in [0.2, 0.25) is 0 Å². The number of ether oxygens (including phenoxy) is 1. The van der Waals surface area contributed by atoms with E-state index in [-0.39, 0.29) is 0 Å². The van der Waals surface area contributed by atoms with Crippen LogP contribution in [0.1, 0.15) is 25.7 Å². The van der Waals surface area contributed by atoms with Crippen LogP contribution >= 0.6 is 0 Å². The normalized spacial score (nSPS) is 26.7. The fourth-order valence-corrected chi connectivity index (χ4v) is 1.04. The predicted octanol–water partition coefficient (Wildman–Crippen LogP) is 1.60. The first-order valence-corrected chi connectivity index (χ1v) is 4.02. The standard InChI is InChI=1S/C8H13NO/c1-10-8(6-2-3-6)9-7-4-5-7/h6-7H,2-5H2,1H3. The van der Waals surface area contributed by atoms with Gasteiger partial charge in [-0.25, -0.2) is 0 Å². The Labute approximate surface area is 61.3 Å². The van der Waals surface area contributed by atoms with Crippen molar-refractivity contribution in [2.24, 2.45) is 10.9 Å². The molecule has 0 bridgehead atoms. The second-order valence-corrected chi connectivity index (χ2v) is 3.18. The van der Waals surface area contributed by atoms with Crippen LogP contribution in [-0.4, -0.2) is 19.0 Å². The van der Waals surface area contributed by atoms with Crippen LogP contribution < -0.4 is 0 Å². The summed E-state index contributed by atoms with van der Waals surface area (Å²) >= 11 is 0. The van der Waals surface area contributed by atoms with E-state index in [2.05, 4.69) is 4.99 Å². The van der Waals surface area contributed by atoms with E-state index < -0.39 is 0 Å². The molecule has 0 amide bonds. The van der Waals surface area contributed by atoms with E-state index in [1.165, 1.54) is 25.7 Å². The lowest BCUT2D eigenvalue weighted by Gasteiger charge is -2.00. The molecule has 0 atom stereocenters. The highest BCUT2D eigenvalue weighted by atomic mass is 16.5. The number of hydrogen-bond acceptors (Lipinski definition) is 2. The van der Waals surface area contributed by atoms with Crippen LogP contribution in [0.3, 0.4) is 0 Å². The zero-order valence-electron chi connectivity index (χ0n) is 6.34. The van der Waals surface area contributed by atoms with Crippen molar-refractivity contribution in [2.75, 3.05) is 7.11 Å². The molecule has 2 heteroatoms. The van der Waals surface area contributed by atoms with Gasteiger partial charge in [0.15, 0.2) is 5.90 Å². The molecular formula is C8H13NO. The summed E-state index contributed by atoms with van der Waals surface area (Å²) in [5, 5.41) is 0. The molecule has 2 fully saturated rings. The van der Waals surface area contributed by atoms with Crippen molar-refractivity contribution in [3.05, 3.63) is 0 Å². The van der Waals surface area contributed by atoms with Crippen LogP contribution in [0.25, 0.3) is 0 Å². The molecule has 2 aliphatic carbocycles. The summed E-state index contributed by atoms with van der Waals surface area (Å²) in [5.41, 5.74) is 0. The van der Waals surface area contributed by atoms with E-state index in [0.29, 0.717) is 12.0 Å². The highest BCUT2D eigenvalue weighted by Crippen LogP contribution is 2.33. The molecule has 0 aromatic rings. The number of aliphatic imine (C=N–C) groups is 1. The summed E-state index contributed by atoms with van der Waals surface area (Å²) < 4.78 is 5.18. The van der Waals surface area contributed by atoms with Gasteiger partial charge in [-0.1, -0.05) is 0 Å². The minimum atomic E-state index is 0.621. The topological polar surface area (TPSA) is 21.6 Å². The first-order chi connectivity index (χ1) is 4.90. The molecule has 2 saturated carbocycles. The zero-order valence-corrected chi connectivity index (χ0v) is 6.34. The second kappa shape index (κ2) is 2.26. The maximum absolute atomic E-state index is 5.18. The summed E-state index contributed by atoms with van der Waals surface area (Å²) in [6, 6.07) is 0.621. The summed E-state index contributed by atoms with van der Waals surface area (Å²) in [5.74, 6) is 1.70. The van der Waals surface area contributed by atoms with E-state index in [9.17, 15) is 0 Å². The fourth-order valence-electron chi connectivity index (χ4n) is 1.04. The predicted molar refractivity (Wildman–Crippen MR) is 40.2 cm³/mol. The van der Waals surface area contributed by atoms with Crippen molar-refractivity contribution in [2.45, 2.75) is 31.7 Å². The smallest absolute Gasteiger partial charge is 0.186 e. The van der Waals surface area contributed by atoms with Crippen molar-refractivity contribution in [3.8, 4) is 0 Å². The van der Waals surface area contributed by atoms with Gasteiger partial charge >= 0.3 is 0 Å². The van der Waals surface area contributed by atoms with Gasteiger partial charge < -0.3 is 4.74 Å². The minimum Gasteiger partial charge on any atom is -0.484 e. The largest absolute Gasteiger partial charge is 0.484 e. The minimum absolute atomic E-state index is 0.621. The lowest BCUT2D eigenvalue weighted by Crippen LogP contribution is -2.04. The monoisotopic (exact) mass is 139 g/mol. The van der Waals surface area contributed by atoms with Crippen LogP contribution in [0, 0.1) is 5.92 Å². The van der Waals surface area contributed by atoms with Crippen molar-refractivity contribution in [1.29, 1.82) is 0 Å². The van der Waals surface area contributed by atoms with E-state index in [1.54, 1.807) is 7.11 Å². The molecule has 0 radical (unpaired) electrons. The van der Waals surface area contributed by atoms with Crippen LogP contribution in [0.15, 0.2) is 4.99 Å². The quantitative estimate of drug-likeness (QED) is 0.420. The third-order valence-corrected chi connectivity index (χ3v) is 1.99. The summed E-state index contributed by atoms with van der Waals surface area (Å²) in [4.78, 5) is 4.46. The van der Waals surface area contributed by atoms with E-state index >= 15 is 0 Å². The number of rotatable bonds is 2. The average molecular weight is 139 g/mol. The average Bonchev–Trinajstić information content (AvgIpc) is 2.76. The molecule has 0 saturated heterocycles. The van der Waals surface area contributed by atoms with Gasteiger partial charge in [-0.2, -0.15) is 0 Å². The Morgan fingerprint density at radius 3 is 2.40 bits per heavy atom. The van der Waals surface area contributed by atoms with E-state index in [1.807, 2.05) is 0 Å². The highest BCUT2D eigenvalue weighted by molar-refractivity contribution is 5.81. The maximum Gasteiger partial charge on any atom is 0.186 e. The number of hydrogen-bond donors (Lipinski definition) is 0. The Morgan fingerprint density at radius 1 is 1.30 bits per heavy atom. The third kappa shape index (κ3) is 1.31. The Kier molecular flexibility index (Phi) is 1.40. The Balaban J connectivity index is 1.94. The maximum atomic E-state index is 5.18. The lowest BCUT2D eigenvalue weighted by molar-refractivity contribution is 0.383. The molecular weight excluding hydrogens is 126 g/mol. The molecule has 0 heterocycles. The molecule has 0 aromatic carbocycles. The fraction of sp³-hybridized carbons (Fsp3) is 0.875. The van der Waals surface area contributed by atoms with E-state index in [4.69, 9.17) is 4.74 Å². The summed E-state index contributed by atoms with van der Waals surface area (Å²) in [6.45, 7) is 0. The molecule has 0 aromatic heterocycles. The van der Waals surface area contributed by atoms with E-state index in [0.717, 1.165) is 5.90 Å². The van der Waals surface area contributed by atoms with Gasteiger partial charge in [0.1, 0.15) is 0 Å². The van der Waals surface area contributed by atoms with Crippen molar-refractivity contribution in [1.82, 2.24) is 0 Å². The molecule has 0 aliphatic heterocycles. The highest BCUT2D eigenvalue weighted by Gasteiger charge is 2.31. The van der Waals surface area contributed by atoms with Gasteiger partial charge in [-0.15, -0.1) is 0 Å².